The molecule has 1 aliphatic carbocycles. The molecule has 2 aromatic rings. The van der Waals surface area contributed by atoms with Gasteiger partial charge in [-0.05, 0) is 40.7 Å². The van der Waals surface area contributed by atoms with Crippen LogP contribution < -0.4 is 0 Å². The van der Waals surface area contributed by atoms with Gasteiger partial charge in [-0.2, -0.15) is 4.91 Å². The maximum atomic E-state index is 11.4. The molecule has 2 atom stereocenters. The van der Waals surface area contributed by atoms with Crippen molar-refractivity contribution in [2.45, 2.75) is 32.2 Å². The van der Waals surface area contributed by atoms with E-state index in [4.69, 9.17) is 23.2 Å². The highest BCUT2D eigenvalue weighted by Crippen LogP contribution is 2.52. The highest BCUT2D eigenvalue weighted by molar-refractivity contribution is 6.42. The zero-order valence-corrected chi connectivity index (χ0v) is 14.0. The molecule has 1 unspecified atom stereocenters. The molecule has 0 aliphatic heterocycles. The van der Waals surface area contributed by atoms with E-state index in [9.17, 15) is 4.91 Å². The van der Waals surface area contributed by atoms with Gasteiger partial charge in [0.2, 0.25) is 0 Å². The van der Waals surface area contributed by atoms with Gasteiger partial charge in [-0.25, -0.2) is 0 Å². The number of fused-ring (bicyclic) bond motifs is 1. The van der Waals surface area contributed by atoms with Gasteiger partial charge >= 0.3 is 0 Å². The number of rotatable bonds is 2. The average Bonchev–Trinajstić information content (AvgIpc) is 2.49. The summed E-state index contributed by atoms with van der Waals surface area (Å²) in [5.74, 6) is 0.193. The highest BCUT2D eigenvalue weighted by Gasteiger charge is 2.41. The molecule has 0 fully saturated rings. The molecule has 0 amide bonds. The third-order valence-electron chi connectivity index (χ3n) is 4.59. The SMILES string of the molecule is CC1(C)C[C@@H](c2ccc(Cl)c(Cl)c2)c2ccccc2C1N=O. The minimum atomic E-state index is -0.317. The lowest BCUT2D eigenvalue weighted by atomic mass is 9.64. The summed E-state index contributed by atoms with van der Waals surface area (Å²) in [5, 5.41) is 4.52. The molecule has 0 saturated carbocycles. The van der Waals surface area contributed by atoms with Gasteiger partial charge in [-0.1, -0.05) is 72.6 Å². The summed E-state index contributed by atoms with van der Waals surface area (Å²) in [6.07, 6.45) is 0.846. The Morgan fingerprint density at radius 1 is 1.05 bits per heavy atom. The van der Waals surface area contributed by atoms with Crippen LogP contribution >= 0.6 is 23.2 Å². The fourth-order valence-corrected chi connectivity index (χ4v) is 3.78. The van der Waals surface area contributed by atoms with Crippen LogP contribution in [-0.2, 0) is 0 Å². The minimum absolute atomic E-state index is 0.193. The van der Waals surface area contributed by atoms with Crippen molar-refractivity contribution in [1.29, 1.82) is 0 Å². The molecule has 0 heterocycles. The van der Waals surface area contributed by atoms with Gasteiger partial charge in [0, 0.05) is 5.92 Å². The van der Waals surface area contributed by atoms with Crippen molar-refractivity contribution in [1.82, 2.24) is 0 Å². The van der Waals surface area contributed by atoms with Crippen LogP contribution in [0.25, 0.3) is 0 Å². The van der Waals surface area contributed by atoms with Gasteiger partial charge in [-0.15, -0.1) is 0 Å². The summed E-state index contributed by atoms with van der Waals surface area (Å²) in [5.41, 5.74) is 3.10. The van der Waals surface area contributed by atoms with Crippen molar-refractivity contribution in [2.75, 3.05) is 0 Å². The number of nitroso groups, excluding NO2 is 1. The number of halogens is 2. The third-order valence-corrected chi connectivity index (χ3v) is 5.33. The number of nitrogens with zero attached hydrogens (tertiary/aromatic N) is 1. The maximum absolute atomic E-state index is 11.4. The van der Waals surface area contributed by atoms with Crippen molar-refractivity contribution in [3.63, 3.8) is 0 Å². The van der Waals surface area contributed by atoms with Crippen LogP contribution in [-0.4, -0.2) is 0 Å². The second kappa shape index (κ2) is 5.68. The minimum Gasteiger partial charge on any atom is -0.150 e. The van der Waals surface area contributed by atoms with Gasteiger partial charge in [0.25, 0.3) is 0 Å². The van der Waals surface area contributed by atoms with E-state index in [-0.39, 0.29) is 17.4 Å². The lowest BCUT2D eigenvalue weighted by Gasteiger charge is -2.40. The van der Waals surface area contributed by atoms with Gasteiger partial charge < -0.3 is 0 Å². The quantitative estimate of drug-likeness (QED) is 0.587. The Balaban J connectivity index is 2.16. The third kappa shape index (κ3) is 2.55. The summed E-state index contributed by atoms with van der Waals surface area (Å²) in [7, 11) is 0. The van der Waals surface area contributed by atoms with Crippen molar-refractivity contribution >= 4 is 23.2 Å². The van der Waals surface area contributed by atoms with Crippen LogP contribution in [0.2, 0.25) is 10.0 Å². The Bertz CT molecular complexity index is 727. The zero-order chi connectivity index (χ0) is 15.9. The van der Waals surface area contributed by atoms with Crippen LogP contribution in [0.3, 0.4) is 0 Å². The second-order valence-electron chi connectivity index (χ2n) is 6.56. The smallest absolute Gasteiger partial charge is 0.122 e. The van der Waals surface area contributed by atoms with Crippen LogP contribution in [0.4, 0.5) is 0 Å². The highest BCUT2D eigenvalue weighted by atomic mass is 35.5. The topological polar surface area (TPSA) is 29.4 Å². The molecule has 22 heavy (non-hydrogen) atoms. The van der Waals surface area contributed by atoms with Crippen molar-refractivity contribution in [3.8, 4) is 0 Å². The standard InChI is InChI=1S/C18H17Cl2NO/c1-18(2)10-14(11-7-8-15(19)16(20)9-11)12-5-3-4-6-13(12)17(18)21-22/h3-9,14,17H,10H2,1-2H3/t14-,17?/m0/s1. The molecule has 0 aromatic heterocycles. The normalized spacial score (nSPS) is 22.9. The van der Waals surface area contributed by atoms with Gasteiger partial charge in [0.15, 0.2) is 0 Å². The number of hydrogen-bond donors (Lipinski definition) is 0. The average molecular weight is 334 g/mol. The zero-order valence-electron chi connectivity index (χ0n) is 12.5. The number of hydrogen-bond acceptors (Lipinski definition) is 2. The van der Waals surface area contributed by atoms with Crippen LogP contribution in [0.15, 0.2) is 47.6 Å². The lowest BCUT2D eigenvalue weighted by Crippen LogP contribution is -2.30. The van der Waals surface area contributed by atoms with Crippen LogP contribution in [0.5, 0.6) is 0 Å². The Labute approximate surface area is 140 Å². The fraction of sp³-hybridized carbons (Fsp3) is 0.333. The van der Waals surface area contributed by atoms with E-state index in [1.54, 1.807) is 0 Å². The molecule has 0 radical (unpaired) electrons. The van der Waals surface area contributed by atoms with E-state index in [1.165, 1.54) is 0 Å². The van der Waals surface area contributed by atoms with E-state index in [0.29, 0.717) is 10.0 Å². The first kappa shape index (κ1) is 15.5. The first-order chi connectivity index (χ1) is 10.4. The summed E-state index contributed by atoms with van der Waals surface area (Å²) in [6.45, 7) is 4.19. The molecule has 3 rings (SSSR count). The van der Waals surface area contributed by atoms with Gasteiger partial charge in [0.1, 0.15) is 6.04 Å². The van der Waals surface area contributed by atoms with E-state index in [2.05, 4.69) is 25.1 Å². The Morgan fingerprint density at radius 3 is 2.36 bits per heavy atom. The predicted molar refractivity (Wildman–Crippen MR) is 91.7 cm³/mol. The monoisotopic (exact) mass is 333 g/mol. The second-order valence-corrected chi connectivity index (χ2v) is 7.37. The first-order valence-electron chi connectivity index (χ1n) is 7.30. The molecular weight excluding hydrogens is 317 g/mol. The van der Waals surface area contributed by atoms with E-state index in [0.717, 1.165) is 23.1 Å². The fourth-order valence-electron chi connectivity index (χ4n) is 3.47. The molecule has 4 heteroatoms. The van der Waals surface area contributed by atoms with E-state index in [1.807, 2.05) is 36.4 Å². The van der Waals surface area contributed by atoms with Gasteiger partial charge in [0.05, 0.1) is 10.0 Å². The van der Waals surface area contributed by atoms with Gasteiger partial charge in [-0.3, -0.25) is 0 Å². The molecule has 0 bridgehead atoms. The maximum Gasteiger partial charge on any atom is 0.122 e. The van der Waals surface area contributed by atoms with Crippen molar-refractivity contribution < 1.29 is 0 Å². The van der Waals surface area contributed by atoms with Crippen molar-refractivity contribution in [3.05, 3.63) is 74.1 Å². The molecule has 0 saturated heterocycles. The summed E-state index contributed by atoms with van der Waals surface area (Å²) >= 11 is 12.2. The van der Waals surface area contributed by atoms with Crippen LogP contribution in [0, 0.1) is 10.3 Å². The van der Waals surface area contributed by atoms with Crippen molar-refractivity contribution in [2.24, 2.45) is 10.6 Å². The van der Waals surface area contributed by atoms with Crippen LogP contribution in [0.1, 0.15) is 48.9 Å². The summed E-state index contributed by atoms with van der Waals surface area (Å²) in [4.78, 5) is 11.4. The Morgan fingerprint density at radius 2 is 1.73 bits per heavy atom. The first-order valence-corrected chi connectivity index (χ1v) is 8.06. The molecule has 114 valence electrons. The predicted octanol–water partition coefficient (Wildman–Crippen LogP) is 6.36. The molecular formula is C18H17Cl2NO. The van der Waals surface area contributed by atoms with E-state index < -0.39 is 0 Å². The Kier molecular flexibility index (Phi) is 4.00. The summed E-state index contributed by atoms with van der Waals surface area (Å²) < 4.78 is 0. The summed E-state index contributed by atoms with van der Waals surface area (Å²) in [6, 6.07) is 13.5. The molecule has 0 N–H and O–H groups in total. The largest absolute Gasteiger partial charge is 0.150 e. The molecule has 0 spiro atoms. The molecule has 2 nitrogen and oxygen atoms in total. The molecule has 1 aliphatic rings. The van der Waals surface area contributed by atoms with E-state index >= 15 is 0 Å². The molecule has 2 aromatic carbocycles. The lowest BCUT2D eigenvalue weighted by molar-refractivity contribution is 0.235. The Hall–Kier alpha value is -1.38. The number of benzene rings is 2.